The summed E-state index contributed by atoms with van der Waals surface area (Å²) in [4.78, 5) is 77.6. The highest BCUT2D eigenvalue weighted by atomic mass is 32.1. The minimum atomic E-state index is -1.32. The molecule has 11 nitrogen and oxygen atoms in total. The Morgan fingerprint density at radius 2 is 1.72 bits per heavy atom. The lowest BCUT2D eigenvalue weighted by atomic mass is 9.54. The van der Waals surface area contributed by atoms with Crippen LogP contribution in [0.2, 0.25) is 0 Å². The molecule has 248 valence electrons. The number of pyridine rings is 1. The Balaban J connectivity index is 1.14. The first kappa shape index (κ1) is 32.5. The van der Waals surface area contributed by atoms with Gasteiger partial charge < -0.3 is 25.8 Å². The standard InChI is InChI=1S/C34H38FN5O6S/c1-2-36-32(44)26(41)9-8-24(37-33(45)27-16-20-5-3-6-23(35)30(20)47-27)31(43)38-25-7-4-10-40(34(25)46)17-28(42)39-29-21-12-18-11-19(14-21)15-22(29)13-18/h3-7,10,16,18-19,21-22,24,29H,2,8-9,11-15,17H2,1H3,(H,36,44)(H,37,45)(H,38,43)(H,39,42)/t18?,19?,21?,22?,24-,29?/m0/s1. The van der Waals surface area contributed by atoms with Crippen molar-refractivity contribution in [1.29, 1.82) is 0 Å². The lowest BCUT2D eigenvalue weighted by molar-refractivity contribution is -0.138. The summed E-state index contributed by atoms with van der Waals surface area (Å²) in [5.74, 6) is -1.30. The van der Waals surface area contributed by atoms with Gasteiger partial charge in [-0.25, -0.2) is 4.39 Å². The van der Waals surface area contributed by atoms with Gasteiger partial charge in [0, 0.05) is 25.2 Å². The summed E-state index contributed by atoms with van der Waals surface area (Å²) in [6, 6.07) is 7.69. The zero-order valence-electron chi connectivity index (χ0n) is 26.1. The molecule has 47 heavy (non-hydrogen) atoms. The third kappa shape index (κ3) is 7.14. The summed E-state index contributed by atoms with van der Waals surface area (Å²) >= 11 is 0.914. The maximum atomic E-state index is 14.3. The molecular weight excluding hydrogens is 625 g/mol. The van der Waals surface area contributed by atoms with Crippen LogP contribution in [0.15, 0.2) is 47.4 Å². The van der Waals surface area contributed by atoms with E-state index in [0.717, 1.165) is 48.9 Å². The largest absolute Gasteiger partial charge is 0.351 e. The molecule has 4 aliphatic carbocycles. The van der Waals surface area contributed by atoms with E-state index >= 15 is 0 Å². The van der Waals surface area contributed by atoms with E-state index in [1.54, 1.807) is 13.0 Å². The number of hydrogen-bond acceptors (Lipinski definition) is 7. The van der Waals surface area contributed by atoms with Crippen molar-refractivity contribution in [1.82, 2.24) is 20.5 Å². The monoisotopic (exact) mass is 663 g/mol. The van der Waals surface area contributed by atoms with Crippen molar-refractivity contribution in [2.45, 2.75) is 70.5 Å². The molecule has 3 aromatic rings. The normalized spacial score (nSPS) is 23.2. The number of fused-ring (bicyclic) bond motifs is 1. The van der Waals surface area contributed by atoms with E-state index in [2.05, 4.69) is 21.3 Å². The van der Waals surface area contributed by atoms with Gasteiger partial charge in [0.1, 0.15) is 24.1 Å². The van der Waals surface area contributed by atoms with E-state index in [4.69, 9.17) is 0 Å². The highest BCUT2D eigenvalue weighted by Crippen LogP contribution is 2.53. The molecule has 13 heteroatoms. The Bertz CT molecular complexity index is 1760. The summed E-state index contributed by atoms with van der Waals surface area (Å²) in [6.07, 6.45) is 6.77. The smallest absolute Gasteiger partial charge is 0.287 e. The molecule has 4 saturated carbocycles. The molecule has 4 amide bonds. The molecule has 4 N–H and O–H groups in total. The number of nitrogens with zero attached hydrogens (tertiary/aromatic N) is 1. The molecule has 0 saturated heterocycles. The number of nitrogens with one attached hydrogen (secondary N) is 4. The zero-order valence-corrected chi connectivity index (χ0v) is 26.9. The number of amides is 4. The van der Waals surface area contributed by atoms with Gasteiger partial charge in [-0.1, -0.05) is 12.1 Å². The van der Waals surface area contributed by atoms with Crippen LogP contribution in [0, 0.1) is 29.5 Å². The number of likely N-dealkylation sites (N-methyl/N-ethyl adjacent to an activating group) is 1. The van der Waals surface area contributed by atoms with E-state index in [1.807, 2.05) is 0 Å². The van der Waals surface area contributed by atoms with E-state index in [1.165, 1.54) is 47.5 Å². The number of thiophene rings is 1. The first-order valence-corrected chi connectivity index (χ1v) is 17.0. The van der Waals surface area contributed by atoms with Crippen molar-refractivity contribution >= 4 is 56.5 Å². The highest BCUT2D eigenvalue weighted by Gasteiger charge is 2.48. The Morgan fingerprint density at radius 3 is 2.40 bits per heavy atom. The van der Waals surface area contributed by atoms with Crippen LogP contribution in [0.1, 0.15) is 61.5 Å². The lowest BCUT2D eigenvalue weighted by Gasteiger charge is -2.54. The summed E-state index contributed by atoms with van der Waals surface area (Å²) < 4.78 is 15.8. The van der Waals surface area contributed by atoms with Crippen molar-refractivity contribution < 1.29 is 28.4 Å². The number of rotatable bonds is 12. The third-order valence-corrected chi connectivity index (χ3v) is 10.9. The van der Waals surface area contributed by atoms with Crippen molar-refractivity contribution in [3.63, 3.8) is 0 Å². The summed E-state index contributed by atoms with van der Waals surface area (Å²) in [7, 11) is 0. The molecule has 1 aromatic carbocycles. The number of hydrogen-bond donors (Lipinski definition) is 4. The van der Waals surface area contributed by atoms with Crippen LogP contribution in [0.5, 0.6) is 0 Å². The minimum absolute atomic E-state index is 0.113. The van der Waals surface area contributed by atoms with Crippen molar-refractivity contribution in [2.24, 2.45) is 23.7 Å². The first-order valence-electron chi connectivity index (χ1n) is 16.2. The predicted octanol–water partition coefficient (Wildman–Crippen LogP) is 3.37. The molecule has 4 bridgehead atoms. The SMILES string of the molecule is CCNC(=O)C(=O)CC[C@H](NC(=O)c1cc2cccc(F)c2s1)C(=O)Nc1cccn(CC(=O)NC2C3CC4CC(C3)CC2C4)c1=O. The minimum Gasteiger partial charge on any atom is -0.351 e. The Kier molecular flexibility index (Phi) is 9.53. The number of ketones is 1. The quantitative estimate of drug-likeness (QED) is 0.218. The fraction of sp³-hybridized carbons (Fsp3) is 0.471. The average molecular weight is 664 g/mol. The molecule has 2 heterocycles. The molecule has 0 radical (unpaired) electrons. The predicted molar refractivity (Wildman–Crippen MR) is 174 cm³/mol. The number of carbonyl (C=O) groups is 5. The number of aromatic nitrogens is 1. The van der Waals surface area contributed by atoms with Crippen LogP contribution in [0.4, 0.5) is 10.1 Å². The molecule has 7 rings (SSSR count). The maximum absolute atomic E-state index is 14.3. The number of anilines is 1. The van der Waals surface area contributed by atoms with Gasteiger partial charge in [0.05, 0.1) is 9.58 Å². The summed E-state index contributed by atoms with van der Waals surface area (Å²) in [5.41, 5.74) is -0.720. The molecule has 2 aromatic heterocycles. The van der Waals surface area contributed by atoms with Crippen molar-refractivity contribution in [3.05, 3.63) is 63.6 Å². The number of benzene rings is 1. The van der Waals surface area contributed by atoms with Gasteiger partial charge in [-0.2, -0.15) is 0 Å². The van der Waals surface area contributed by atoms with E-state index < -0.39 is 40.9 Å². The molecule has 0 unspecified atom stereocenters. The second kappa shape index (κ2) is 13.8. The van der Waals surface area contributed by atoms with Gasteiger partial charge in [0.25, 0.3) is 17.4 Å². The second-order valence-corrected chi connectivity index (χ2v) is 14.0. The maximum Gasteiger partial charge on any atom is 0.287 e. The van der Waals surface area contributed by atoms with E-state index in [9.17, 15) is 33.2 Å². The Labute approximate surface area is 274 Å². The molecule has 1 atom stereocenters. The number of carbonyl (C=O) groups excluding carboxylic acids is 5. The van der Waals surface area contributed by atoms with Crippen LogP contribution in [-0.4, -0.2) is 52.6 Å². The van der Waals surface area contributed by atoms with Crippen LogP contribution >= 0.6 is 11.3 Å². The van der Waals surface area contributed by atoms with Gasteiger partial charge in [-0.3, -0.25) is 28.8 Å². The molecule has 0 aliphatic heterocycles. The van der Waals surface area contributed by atoms with Gasteiger partial charge in [0.15, 0.2) is 0 Å². The molecule has 0 spiro atoms. The third-order valence-electron chi connectivity index (χ3n) is 9.74. The Hall–Kier alpha value is -4.39. The topological polar surface area (TPSA) is 155 Å². The fourth-order valence-electron chi connectivity index (χ4n) is 7.81. The number of Topliss-reactive ketones (excluding diaryl/α,β-unsaturated/α-hetero) is 1. The number of halogens is 1. The van der Waals surface area contributed by atoms with Crippen LogP contribution in [0.25, 0.3) is 10.1 Å². The Morgan fingerprint density at radius 1 is 1.00 bits per heavy atom. The fourth-order valence-corrected chi connectivity index (χ4v) is 8.78. The highest BCUT2D eigenvalue weighted by molar-refractivity contribution is 7.20. The van der Waals surface area contributed by atoms with Crippen LogP contribution in [-0.2, 0) is 25.7 Å². The van der Waals surface area contributed by atoms with Gasteiger partial charge in [-0.05, 0) is 98.8 Å². The second-order valence-electron chi connectivity index (χ2n) is 13.0. The van der Waals surface area contributed by atoms with Gasteiger partial charge in [-0.15, -0.1) is 11.3 Å². The average Bonchev–Trinajstić information content (AvgIpc) is 3.48. The van der Waals surface area contributed by atoms with Crippen molar-refractivity contribution in [3.8, 4) is 0 Å². The summed E-state index contributed by atoms with van der Waals surface area (Å²) in [6.45, 7) is 1.69. The molecule has 4 fully saturated rings. The zero-order chi connectivity index (χ0) is 33.2. The van der Waals surface area contributed by atoms with Gasteiger partial charge in [0.2, 0.25) is 17.6 Å². The molecular formula is C34H38FN5O6S. The van der Waals surface area contributed by atoms with Gasteiger partial charge >= 0.3 is 0 Å². The lowest BCUT2D eigenvalue weighted by Crippen LogP contribution is -2.56. The van der Waals surface area contributed by atoms with Crippen LogP contribution < -0.4 is 26.8 Å². The van der Waals surface area contributed by atoms with E-state index in [-0.39, 0.29) is 53.1 Å². The van der Waals surface area contributed by atoms with E-state index in [0.29, 0.717) is 17.2 Å². The first-order chi connectivity index (χ1) is 22.6. The van der Waals surface area contributed by atoms with Crippen molar-refractivity contribution in [2.75, 3.05) is 11.9 Å². The molecule has 4 aliphatic rings. The summed E-state index contributed by atoms with van der Waals surface area (Å²) in [5, 5.41) is 11.2. The van der Waals surface area contributed by atoms with Crippen LogP contribution in [0.3, 0.4) is 0 Å².